The molecular weight excluding hydrogens is 318 g/mol. The van der Waals surface area contributed by atoms with Crippen LogP contribution in [0.15, 0.2) is 48.5 Å². The van der Waals surface area contributed by atoms with Crippen LogP contribution in [-0.2, 0) is 0 Å². The summed E-state index contributed by atoms with van der Waals surface area (Å²) in [6, 6.07) is 18.1. The second kappa shape index (κ2) is 9.10. The Balaban J connectivity index is 0.00000208. The Morgan fingerprint density at radius 1 is 1.00 bits per heavy atom. The molecule has 0 heterocycles. The van der Waals surface area contributed by atoms with Gasteiger partial charge in [0.2, 0.25) is 0 Å². The molecule has 1 aliphatic rings. The lowest BCUT2D eigenvalue weighted by atomic mass is 9.77. The number of hydrogen-bond donors (Lipinski definition) is 1. The van der Waals surface area contributed by atoms with Crippen molar-refractivity contribution in [3.05, 3.63) is 65.2 Å². The van der Waals surface area contributed by atoms with Crippen molar-refractivity contribution in [3.63, 3.8) is 0 Å². The fourth-order valence-electron chi connectivity index (χ4n) is 3.57. The van der Waals surface area contributed by atoms with Crippen molar-refractivity contribution >= 4 is 12.4 Å². The van der Waals surface area contributed by atoms with Crippen LogP contribution in [0, 0.1) is 0 Å². The molecule has 0 aromatic heterocycles. The van der Waals surface area contributed by atoms with E-state index in [1.54, 1.807) is 0 Å². The maximum atomic E-state index is 5.78. The molecule has 0 fully saturated rings. The van der Waals surface area contributed by atoms with Crippen molar-refractivity contribution in [2.24, 2.45) is 0 Å². The molecule has 1 N–H and O–H groups in total. The highest BCUT2D eigenvalue weighted by atomic mass is 35.5. The lowest BCUT2D eigenvalue weighted by Crippen LogP contribution is -2.24. The van der Waals surface area contributed by atoms with E-state index in [1.807, 2.05) is 0 Å². The van der Waals surface area contributed by atoms with Crippen LogP contribution >= 0.6 is 12.4 Å². The zero-order valence-electron chi connectivity index (χ0n) is 14.6. The van der Waals surface area contributed by atoms with Gasteiger partial charge in [-0.1, -0.05) is 49.7 Å². The predicted molar refractivity (Wildman–Crippen MR) is 103 cm³/mol. The average molecular weight is 346 g/mol. The number of unbranched alkanes of at least 4 members (excludes halogenated alkanes) is 1. The van der Waals surface area contributed by atoms with Gasteiger partial charge >= 0.3 is 0 Å². The SMILES string of the molecule is CCCCOc1ccc([C@@H]2CC[C@@H](NC)c3ccccc32)cc1.Cl. The van der Waals surface area contributed by atoms with Crippen molar-refractivity contribution in [3.8, 4) is 5.75 Å². The summed E-state index contributed by atoms with van der Waals surface area (Å²) >= 11 is 0. The highest BCUT2D eigenvalue weighted by molar-refractivity contribution is 5.85. The lowest BCUT2D eigenvalue weighted by Gasteiger charge is -2.31. The molecule has 24 heavy (non-hydrogen) atoms. The Bertz CT molecular complexity index is 626. The zero-order valence-corrected chi connectivity index (χ0v) is 15.4. The van der Waals surface area contributed by atoms with Crippen molar-refractivity contribution in [1.29, 1.82) is 0 Å². The van der Waals surface area contributed by atoms with Gasteiger partial charge in [-0.05, 0) is 55.1 Å². The van der Waals surface area contributed by atoms with E-state index in [0.717, 1.165) is 18.8 Å². The van der Waals surface area contributed by atoms with E-state index in [1.165, 1.54) is 36.0 Å². The van der Waals surface area contributed by atoms with Crippen LogP contribution in [0.3, 0.4) is 0 Å². The fraction of sp³-hybridized carbons (Fsp3) is 0.429. The number of rotatable bonds is 6. The largest absolute Gasteiger partial charge is 0.494 e. The third-order valence-corrected chi connectivity index (χ3v) is 4.89. The molecule has 2 aromatic carbocycles. The molecule has 2 nitrogen and oxygen atoms in total. The van der Waals surface area contributed by atoms with Crippen LogP contribution in [0.1, 0.15) is 61.3 Å². The summed E-state index contributed by atoms with van der Waals surface area (Å²) < 4.78 is 5.78. The van der Waals surface area contributed by atoms with Crippen molar-refractivity contribution in [1.82, 2.24) is 5.32 Å². The van der Waals surface area contributed by atoms with E-state index >= 15 is 0 Å². The monoisotopic (exact) mass is 345 g/mol. The van der Waals surface area contributed by atoms with Gasteiger partial charge in [-0.25, -0.2) is 0 Å². The second-order valence-electron chi connectivity index (χ2n) is 6.37. The number of fused-ring (bicyclic) bond motifs is 1. The van der Waals surface area contributed by atoms with E-state index in [9.17, 15) is 0 Å². The molecule has 2 atom stereocenters. The number of ether oxygens (including phenoxy) is 1. The summed E-state index contributed by atoms with van der Waals surface area (Å²) in [4.78, 5) is 0. The van der Waals surface area contributed by atoms with Gasteiger partial charge in [0, 0.05) is 12.0 Å². The minimum atomic E-state index is 0. The average Bonchev–Trinajstić information content (AvgIpc) is 2.62. The minimum Gasteiger partial charge on any atom is -0.494 e. The summed E-state index contributed by atoms with van der Waals surface area (Å²) in [5, 5.41) is 3.45. The van der Waals surface area contributed by atoms with Crippen LogP contribution < -0.4 is 10.1 Å². The Labute approximate surface area is 152 Å². The zero-order chi connectivity index (χ0) is 16.1. The first-order valence-corrected chi connectivity index (χ1v) is 8.82. The molecular formula is C21H28ClNO. The van der Waals surface area contributed by atoms with E-state index in [2.05, 4.69) is 67.8 Å². The number of nitrogens with one attached hydrogen (secondary N) is 1. The smallest absolute Gasteiger partial charge is 0.119 e. The predicted octanol–water partition coefficient (Wildman–Crippen LogP) is 5.47. The van der Waals surface area contributed by atoms with Crippen LogP contribution in [0.2, 0.25) is 0 Å². The standard InChI is InChI=1S/C21H27NO.ClH/c1-3-4-15-23-17-11-9-16(10-12-17)18-13-14-21(22-2)20-8-6-5-7-19(18)20;/h5-12,18,21-22H,3-4,13-15H2,1-2H3;1H/t18-,21+;/m0./s1. The molecule has 0 radical (unpaired) electrons. The molecule has 130 valence electrons. The highest BCUT2D eigenvalue weighted by Crippen LogP contribution is 2.41. The van der Waals surface area contributed by atoms with E-state index in [0.29, 0.717) is 12.0 Å². The molecule has 0 bridgehead atoms. The molecule has 0 unspecified atom stereocenters. The number of benzene rings is 2. The molecule has 1 aliphatic carbocycles. The molecule has 0 spiro atoms. The van der Waals surface area contributed by atoms with Gasteiger partial charge in [-0.2, -0.15) is 0 Å². The van der Waals surface area contributed by atoms with E-state index in [-0.39, 0.29) is 12.4 Å². The Kier molecular flexibility index (Phi) is 7.14. The molecule has 0 aliphatic heterocycles. The minimum absolute atomic E-state index is 0. The molecule has 3 rings (SSSR count). The first-order chi connectivity index (χ1) is 11.3. The summed E-state index contributed by atoms with van der Waals surface area (Å²) in [7, 11) is 2.06. The Morgan fingerprint density at radius 2 is 1.71 bits per heavy atom. The van der Waals surface area contributed by atoms with Gasteiger partial charge in [-0.15, -0.1) is 12.4 Å². The van der Waals surface area contributed by atoms with Gasteiger partial charge in [0.25, 0.3) is 0 Å². The van der Waals surface area contributed by atoms with E-state index < -0.39 is 0 Å². The quantitative estimate of drug-likeness (QED) is 0.700. The molecule has 2 aromatic rings. The van der Waals surface area contributed by atoms with Crippen molar-refractivity contribution < 1.29 is 4.74 Å². The molecule has 0 saturated heterocycles. The Morgan fingerprint density at radius 3 is 2.38 bits per heavy atom. The first-order valence-electron chi connectivity index (χ1n) is 8.82. The number of halogens is 1. The topological polar surface area (TPSA) is 21.3 Å². The molecule has 0 amide bonds. The maximum absolute atomic E-state index is 5.78. The highest BCUT2D eigenvalue weighted by Gasteiger charge is 2.26. The summed E-state index contributed by atoms with van der Waals surface area (Å²) in [5.41, 5.74) is 4.32. The van der Waals surface area contributed by atoms with Crippen molar-refractivity contribution in [2.75, 3.05) is 13.7 Å². The van der Waals surface area contributed by atoms with Gasteiger partial charge in [0.05, 0.1) is 6.61 Å². The summed E-state index contributed by atoms with van der Waals surface area (Å²) in [6.07, 6.45) is 4.66. The van der Waals surface area contributed by atoms with Crippen LogP contribution in [-0.4, -0.2) is 13.7 Å². The van der Waals surface area contributed by atoms with Crippen molar-refractivity contribution in [2.45, 2.75) is 44.6 Å². The van der Waals surface area contributed by atoms with E-state index in [4.69, 9.17) is 4.74 Å². The van der Waals surface area contributed by atoms with Gasteiger partial charge < -0.3 is 10.1 Å². The van der Waals surface area contributed by atoms with Gasteiger partial charge in [0.15, 0.2) is 0 Å². The first kappa shape index (κ1) is 18.8. The van der Waals surface area contributed by atoms with Crippen LogP contribution in [0.4, 0.5) is 0 Å². The molecule has 0 saturated carbocycles. The fourth-order valence-corrected chi connectivity index (χ4v) is 3.57. The maximum Gasteiger partial charge on any atom is 0.119 e. The van der Waals surface area contributed by atoms with Gasteiger partial charge in [0.1, 0.15) is 5.75 Å². The summed E-state index contributed by atoms with van der Waals surface area (Å²) in [5.74, 6) is 1.49. The number of hydrogen-bond acceptors (Lipinski definition) is 2. The lowest BCUT2D eigenvalue weighted by molar-refractivity contribution is 0.309. The van der Waals surface area contributed by atoms with Gasteiger partial charge in [-0.3, -0.25) is 0 Å². The Hall–Kier alpha value is -1.51. The van der Waals surface area contributed by atoms with Crippen LogP contribution in [0.25, 0.3) is 0 Å². The third kappa shape index (κ3) is 4.12. The summed E-state index contributed by atoms with van der Waals surface area (Å²) in [6.45, 7) is 3.00. The van der Waals surface area contributed by atoms with Crippen LogP contribution in [0.5, 0.6) is 5.75 Å². The normalized spacial score (nSPS) is 19.2. The molecule has 3 heteroatoms. The third-order valence-electron chi connectivity index (χ3n) is 4.89. The second-order valence-corrected chi connectivity index (χ2v) is 6.37.